The monoisotopic (exact) mass is 218 g/mol. The van der Waals surface area contributed by atoms with Crippen molar-refractivity contribution in [1.82, 2.24) is 0 Å². The molecule has 0 fully saturated rings. The third-order valence-electron chi connectivity index (χ3n) is 2.44. The summed E-state index contributed by atoms with van der Waals surface area (Å²) in [6, 6.07) is 10.4. The zero-order valence-electron chi connectivity index (χ0n) is 8.61. The highest BCUT2D eigenvalue weighted by molar-refractivity contribution is 8.02. The van der Waals surface area contributed by atoms with E-state index in [4.69, 9.17) is 0 Å². The van der Waals surface area contributed by atoms with Crippen molar-refractivity contribution in [2.45, 2.75) is 25.0 Å². The lowest BCUT2D eigenvalue weighted by Crippen LogP contribution is -2.00. The summed E-state index contributed by atoms with van der Waals surface area (Å²) in [5, 5.41) is 0. The van der Waals surface area contributed by atoms with Gasteiger partial charge in [-0.15, -0.1) is 11.8 Å². The average molecular weight is 218 g/mol. The Kier molecular flexibility index (Phi) is 3.62. The molecule has 0 amide bonds. The molecular weight excluding hydrogens is 204 g/mol. The molecule has 0 spiro atoms. The van der Waals surface area contributed by atoms with Gasteiger partial charge >= 0.3 is 0 Å². The molecule has 2 heteroatoms. The normalized spacial score (nSPS) is 16.3. The third-order valence-corrected chi connectivity index (χ3v) is 3.61. The van der Waals surface area contributed by atoms with Gasteiger partial charge in [0.15, 0.2) is 5.78 Å². The lowest BCUT2D eigenvalue weighted by atomic mass is 10.1. The maximum Gasteiger partial charge on any atom is 0.156 e. The fraction of sp³-hybridized carbons (Fsp3) is 0.308. The maximum absolute atomic E-state index is 11.2. The van der Waals surface area contributed by atoms with Gasteiger partial charge in [0, 0.05) is 12.2 Å². The van der Waals surface area contributed by atoms with Crippen LogP contribution in [0.25, 0.3) is 0 Å². The summed E-state index contributed by atoms with van der Waals surface area (Å²) in [6.07, 6.45) is 4.64. The van der Waals surface area contributed by atoms with Gasteiger partial charge in [0.25, 0.3) is 0 Å². The van der Waals surface area contributed by atoms with Crippen molar-refractivity contribution in [2.75, 3.05) is 0 Å². The van der Waals surface area contributed by atoms with Gasteiger partial charge in [-0.2, -0.15) is 0 Å². The van der Waals surface area contributed by atoms with E-state index < -0.39 is 0 Å². The zero-order chi connectivity index (χ0) is 10.5. The molecule has 0 aromatic heterocycles. The first-order valence-corrected chi connectivity index (χ1v) is 6.23. The number of hydrogen-bond acceptors (Lipinski definition) is 2. The summed E-state index contributed by atoms with van der Waals surface area (Å²) < 4.78 is 0. The molecule has 0 N–H and O–H groups in total. The number of carbonyl (C=O) groups is 1. The maximum atomic E-state index is 11.2. The Morgan fingerprint density at radius 3 is 2.67 bits per heavy atom. The first-order valence-electron chi connectivity index (χ1n) is 5.25. The van der Waals surface area contributed by atoms with Crippen LogP contribution in [0.5, 0.6) is 0 Å². The van der Waals surface area contributed by atoms with Crippen LogP contribution >= 0.6 is 11.8 Å². The molecule has 1 aromatic carbocycles. The molecule has 0 saturated carbocycles. The van der Waals surface area contributed by atoms with Crippen LogP contribution < -0.4 is 0 Å². The molecular formula is C13H14OS. The van der Waals surface area contributed by atoms with Gasteiger partial charge in [0.05, 0.1) is 0 Å². The number of ketones is 1. The number of thioether (sulfide) groups is 1. The molecule has 0 heterocycles. The molecule has 0 unspecified atom stereocenters. The van der Waals surface area contributed by atoms with E-state index in [1.54, 1.807) is 11.8 Å². The van der Waals surface area contributed by atoms with Crippen LogP contribution in [0.15, 0.2) is 41.3 Å². The summed E-state index contributed by atoms with van der Waals surface area (Å²) in [5.74, 6) is 1.26. The van der Waals surface area contributed by atoms with Gasteiger partial charge in [-0.1, -0.05) is 30.3 Å². The van der Waals surface area contributed by atoms with E-state index >= 15 is 0 Å². The molecule has 1 aliphatic rings. The average Bonchev–Trinajstić information content (AvgIpc) is 2.28. The van der Waals surface area contributed by atoms with E-state index in [2.05, 4.69) is 24.3 Å². The van der Waals surface area contributed by atoms with Crippen LogP contribution in [0.1, 0.15) is 24.8 Å². The predicted octanol–water partition coefficient (Wildman–Crippen LogP) is 3.56. The van der Waals surface area contributed by atoms with E-state index in [9.17, 15) is 4.79 Å². The Balaban J connectivity index is 1.91. The van der Waals surface area contributed by atoms with E-state index in [1.165, 1.54) is 10.5 Å². The van der Waals surface area contributed by atoms with Gasteiger partial charge in [0.2, 0.25) is 0 Å². The summed E-state index contributed by atoms with van der Waals surface area (Å²) >= 11 is 1.79. The van der Waals surface area contributed by atoms with Gasteiger partial charge in [-0.3, -0.25) is 4.79 Å². The topological polar surface area (TPSA) is 17.1 Å². The molecule has 15 heavy (non-hydrogen) atoms. The lowest BCUT2D eigenvalue weighted by Gasteiger charge is -2.11. The molecule has 1 aromatic rings. The van der Waals surface area contributed by atoms with Crippen LogP contribution in [0.3, 0.4) is 0 Å². The highest BCUT2D eigenvalue weighted by atomic mass is 32.2. The highest BCUT2D eigenvalue weighted by Gasteiger charge is 2.09. The number of benzene rings is 1. The molecule has 0 radical (unpaired) electrons. The molecule has 2 rings (SSSR count). The van der Waals surface area contributed by atoms with E-state index in [0.29, 0.717) is 0 Å². The summed E-state index contributed by atoms with van der Waals surface area (Å²) in [7, 11) is 0. The number of rotatable bonds is 3. The van der Waals surface area contributed by atoms with E-state index in [1.807, 2.05) is 12.1 Å². The minimum Gasteiger partial charge on any atom is -0.295 e. The Hall–Kier alpha value is -1.02. The second-order valence-corrected chi connectivity index (χ2v) is 4.81. The summed E-state index contributed by atoms with van der Waals surface area (Å²) in [5.41, 5.74) is 1.32. The van der Waals surface area contributed by atoms with Crippen molar-refractivity contribution in [2.24, 2.45) is 0 Å². The standard InChI is InChI=1S/C13H14OS/c14-12-7-4-8-13(9-12)15-10-11-5-2-1-3-6-11/h1-3,5-6,9H,4,7-8,10H2. The van der Waals surface area contributed by atoms with Crippen molar-refractivity contribution in [3.63, 3.8) is 0 Å². The Bertz CT molecular complexity index is 367. The first kappa shape index (κ1) is 10.5. The van der Waals surface area contributed by atoms with Gasteiger partial charge in [0.1, 0.15) is 0 Å². The van der Waals surface area contributed by atoms with Gasteiger partial charge < -0.3 is 0 Å². The van der Waals surface area contributed by atoms with Crippen molar-refractivity contribution in [3.8, 4) is 0 Å². The van der Waals surface area contributed by atoms with Gasteiger partial charge in [-0.05, 0) is 29.4 Å². The van der Waals surface area contributed by atoms with Gasteiger partial charge in [-0.25, -0.2) is 0 Å². The summed E-state index contributed by atoms with van der Waals surface area (Å²) in [4.78, 5) is 12.4. The number of allylic oxidation sites excluding steroid dienone is 2. The third kappa shape index (κ3) is 3.24. The first-order chi connectivity index (χ1) is 7.34. The van der Waals surface area contributed by atoms with Crippen molar-refractivity contribution < 1.29 is 4.79 Å². The van der Waals surface area contributed by atoms with Crippen LogP contribution in [-0.2, 0) is 10.5 Å². The van der Waals surface area contributed by atoms with Crippen LogP contribution in [0, 0.1) is 0 Å². The second kappa shape index (κ2) is 5.17. The zero-order valence-corrected chi connectivity index (χ0v) is 9.43. The second-order valence-electron chi connectivity index (χ2n) is 3.70. The number of carbonyl (C=O) groups excluding carboxylic acids is 1. The summed E-state index contributed by atoms with van der Waals surface area (Å²) in [6.45, 7) is 0. The lowest BCUT2D eigenvalue weighted by molar-refractivity contribution is -0.115. The SMILES string of the molecule is O=C1C=C(SCc2ccccc2)CCC1. The number of hydrogen-bond donors (Lipinski definition) is 0. The fourth-order valence-corrected chi connectivity index (χ4v) is 2.67. The molecule has 1 nitrogen and oxygen atoms in total. The Morgan fingerprint density at radius 1 is 1.13 bits per heavy atom. The van der Waals surface area contributed by atoms with Crippen LogP contribution in [0.2, 0.25) is 0 Å². The van der Waals surface area contributed by atoms with E-state index in [0.717, 1.165) is 25.0 Å². The highest BCUT2D eigenvalue weighted by Crippen LogP contribution is 2.28. The minimum atomic E-state index is 0.289. The fourth-order valence-electron chi connectivity index (χ4n) is 1.62. The molecule has 0 bridgehead atoms. The van der Waals surface area contributed by atoms with Crippen molar-refractivity contribution in [3.05, 3.63) is 46.9 Å². The minimum absolute atomic E-state index is 0.289. The quantitative estimate of drug-likeness (QED) is 0.771. The smallest absolute Gasteiger partial charge is 0.156 e. The Labute approximate surface area is 94.6 Å². The molecule has 78 valence electrons. The van der Waals surface area contributed by atoms with Crippen molar-refractivity contribution >= 4 is 17.5 Å². The molecule has 1 aliphatic carbocycles. The van der Waals surface area contributed by atoms with Crippen LogP contribution in [-0.4, -0.2) is 5.78 Å². The van der Waals surface area contributed by atoms with Crippen LogP contribution in [0.4, 0.5) is 0 Å². The molecule has 0 atom stereocenters. The molecule has 0 aliphatic heterocycles. The predicted molar refractivity (Wildman–Crippen MR) is 64.7 cm³/mol. The largest absolute Gasteiger partial charge is 0.295 e. The van der Waals surface area contributed by atoms with E-state index in [-0.39, 0.29) is 5.78 Å². The van der Waals surface area contributed by atoms with Crippen molar-refractivity contribution in [1.29, 1.82) is 0 Å². The molecule has 0 saturated heterocycles. The Morgan fingerprint density at radius 2 is 1.93 bits per heavy atom.